The number of methoxy groups -OCH3 is 2. The van der Waals surface area contributed by atoms with Gasteiger partial charge in [-0.1, -0.05) is 48.0 Å². The minimum Gasteiger partial charge on any atom is -0.495 e. The second-order valence-electron chi connectivity index (χ2n) is 8.15. The average Bonchev–Trinajstić information content (AvgIpc) is 2.91. The van der Waals surface area contributed by atoms with Crippen LogP contribution in [-0.4, -0.2) is 66.5 Å². The van der Waals surface area contributed by atoms with E-state index >= 15 is 0 Å². The molecule has 202 valence electrons. The van der Waals surface area contributed by atoms with E-state index in [1.54, 1.807) is 31.2 Å². The molecule has 4 N–H and O–H groups in total. The summed E-state index contributed by atoms with van der Waals surface area (Å²) in [6, 6.07) is 1.57. The number of nitrogens with zero attached hydrogens (tertiary/aromatic N) is 3. The van der Waals surface area contributed by atoms with Crippen molar-refractivity contribution in [3.63, 3.8) is 0 Å². The molecular formula is C25H28Cl2N6O5. The van der Waals surface area contributed by atoms with E-state index in [4.69, 9.17) is 32.7 Å². The summed E-state index contributed by atoms with van der Waals surface area (Å²) in [5.74, 6) is 0.810. The summed E-state index contributed by atoms with van der Waals surface area (Å²) in [6.45, 7) is 5.12. The van der Waals surface area contributed by atoms with E-state index in [0.29, 0.717) is 11.4 Å². The van der Waals surface area contributed by atoms with Gasteiger partial charge in [-0.2, -0.15) is 0 Å². The van der Waals surface area contributed by atoms with Gasteiger partial charge in [-0.05, 0) is 18.6 Å². The number of nitrogens with one attached hydrogen (secondary N) is 3. The van der Waals surface area contributed by atoms with Crippen LogP contribution in [0, 0.1) is 0 Å². The van der Waals surface area contributed by atoms with Crippen molar-refractivity contribution in [3.05, 3.63) is 65.0 Å². The standard InChI is InChI=1S/C25H28Cl2N6O5/c1-6-21(35)31-16-9-14(13(2)34)7-8-15(16)30-19-11-20(29-12-28-19)33(3)25(36)32-24-22(26)17(37-4)10-18(38-5)23(24)27/h6-13,15-16,34H,1H2,2-5H3,(H,31,35)(H,32,36)(H,28,29,30). The lowest BCUT2D eigenvalue weighted by molar-refractivity contribution is -0.116. The third kappa shape index (κ3) is 6.55. The van der Waals surface area contributed by atoms with Crippen molar-refractivity contribution in [3.8, 4) is 11.5 Å². The largest absolute Gasteiger partial charge is 0.495 e. The number of urea groups is 1. The third-order valence-corrected chi connectivity index (χ3v) is 6.40. The fourth-order valence-corrected chi connectivity index (χ4v) is 4.14. The predicted molar refractivity (Wildman–Crippen MR) is 147 cm³/mol. The minimum atomic E-state index is -0.709. The Kier molecular flexibility index (Phi) is 9.56. The summed E-state index contributed by atoms with van der Waals surface area (Å²) in [5, 5.41) is 18.8. The van der Waals surface area contributed by atoms with Gasteiger partial charge in [0, 0.05) is 19.2 Å². The van der Waals surface area contributed by atoms with Crippen molar-refractivity contribution < 1.29 is 24.2 Å². The number of aliphatic hydroxyl groups is 1. The van der Waals surface area contributed by atoms with E-state index < -0.39 is 24.2 Å². The Bertz CT molecular complexity index is 1250. The van der Waals surface area contributed by atoms with E-state index in [0.717, 1.165) is 6.08 Å². The zero-order chi connectivity index (χ0) is 28.0. The average molecular weight is 563 g/mol. The molecule has 0 radical (unpaired) electrons. The van der Waals surface area contributed by atoms with Crippen LogP contribution in [0.15, 0.2) is 54.9 Å². The van der Waals surface area contributed by atoms with Crippen LogP contribution in [0.4, 0.5) is 22.1 Å². The van der Waals surface area contributed by atoms with Crippen molar-refractivity contribution in [1.29, 1.82) is 0 Å². The monoisotopic (exact) mass is 562 g/mol. The molecule has 3 unspecified atom stereocenters. The molecule has 0 bridgehead atoms. The molecule has 0 aliphatic heterocycles. The van der Waals surface area contributed by atoms with Gasteiger partial charge >= 0.3 is 6.03 Å². The Hall–Kier alpha value is -3.80. The molecule has 13 heteroatoms. The van der Waals surface area contributed by atoms with Crippen molar-refractivity contribution in [2.75, 3.05) is 36.8 Å². The van der Waals surface area contributed by atoms with Crippen molar-refractivity contribution in [2.24, 2.45) is 0 Å². The van der Waals surface area contributed by atoms with Crippen molar-refractivity contribution in [2.45, 2.75) is 25.1 Å². The lowest BCUT2D eigenvalue weighted by Crippen LogP contribution is -2.46. The first-order valence-electron chi connectivity index (χ1n) is 11.3. The molecule has 0 saturated heterocycles. The van der Waals surface area contributed by atoms with E-state index in [2.05, 4.69) is 32.5 Å². The van der Waals surface area contributed by atoms with E-state index in [9.17, 15) is 14.7 Å². The summed E-state index contributed by atoms with van der Waals surface area (Å²) >= 11 is 12.7. The molecule has 0 fully saturated rings. The Balaban J connectivity index is 1.81. The van der Waals surface area contributed by atoms with Crippen molar-refractivity contribution >= 4 is 52.5 Å². The lowest BCUT2D eigenvalue weighted by Gasteiger charge is -2.29. The topological polar surface area (TPSA) is 138 Å². The number of amides is 3. The molecule has 0 spiro atoms. The molecule has 1 aliphatic carbocycles. The number of aliphatic hydroxyl groups excluding tert-OH is 1. The molecule has 3 rings (SSSR count). The number of rotatable bonds is 9. The summed E-state index contributed by atoms with van der Waals surface area (Å²) in [4.78, 5) is 34.7. The van der Waals surface area contributed by atoms with Crippen LogP contribution in [-0.2, 0) is 4.79 Å². The summed E-state index contributed by atoms with van der Waals surface area (Å²) in [5.41, 5.74) is 0.770. The van der Waals surface area contributed by atoms with Gasteiger partial charge in [-0.15, -0.1) is 0 Å². The van der Waals surface area contributed by atoms with Crippen LogP contribution in [0.25, 0.3) is 0 Å². The number of halogens is 2. The first-order chi connectivity index (χ1) is 18.1. The maximum absolute atomic E-state index is 13.1. The quantitative estimate of drug-likeness (QED) is 0.338. The number of hydrogen-bond acceptors (Lipinski definition) is 8. The van der Waals surface area contributed by atoms with Gasteiger partial charge in [0.25, 0.3) is 0 Å². The zero-order valence-corrected chi connectivity index (χ0v) is 22.7. The third-order valence-electron chi connectivity index (χ3n) is 5.65. The molecule has 11 nitrogen and oxygen atoms in total. The lowest BCUT2D eigenvalue weighted by atomic mass is 9.95. The van der Waals surface area contributed by atoms with Gasteiger partial charge in [-0.3, -0.25) is 9.69 Å². The molecule has 1 aliphatic rings. The second-order valence-corrected chi connectivity index (χ2v) is 8.90. The number of benzene rings is 1. The Morgan fingerprint density at radius 1 is 1.16 bits per heavy atom. The number of ether oxygens (including phenoxy) is 2. The molecule has 0 saturated carbocycles. The molecule has 2 aromatic rings. The van der Waals surface area contributed by atoms with Crippen molar-refractivity contribution in [1.82, 2.24) is 15.3 Å². The molecular weight excluding hydrogens is 535 g/mol. The van der Waals surface area contributed by atoms with Crippen LogP contribution in [0.3, 0.4) is 0 Å². The number of hydrogen-bond donors (Lipinski definition) is 4. The van der Waals surface area contributed by atoms with Gasteiger partial charge in [-0.25, -0.2) is 14.8 Å². The molecule has 3 amide bonds. The SMILES string of the molecule is C=CC(=O)NC1C=C(C(C)O)C=CC1Nc1cc(N(C)C(=O)Nc2c(Cl)c(OC)cc(OC)c2Cl)ncn1. The second kappa shape index (κ2) is 12.6. The summed E-state index contributed by atoms with van der Waals surface area (Å²) in [6.07, 6.45) is 7.06. The van der Waals surface area contributed by atoms with Crippen LogP contribution >= 0.6 is 23.2 Å². The first-order valence-corrected chi connectivity index (χ1v) is 12.1. The van der Waals surface area contributed by atoms with Crippen LogP contribution < -0.4 is 30.3 Å². The summed E-state index contributed by atoms with van der Waals surface area (Å²) < 4.78 is 10.5. The van der Waals surface area contributed by atoms with Gasteiger partial charge in [0.1, 0.15) is 39.5 Å². The highest BCUT2D eigenvalue weighted by atomic mass is 35.5. The maximum atomic E-state index is 13.1. The molecule has 1 aromatic heterocycles. The van der Waals surface area contributed by atoms with E-state index in [-0.39, 0.29) is 39.0 Å². The summed E-state index contributed by atoms with van der Waals surface area (Å²) in [7, 11) is 4.36. The number of carbonyl (C=O) groups excluding carboxylic acids is 2. The maximum Gasteiger partial charge on any atom is 0.327 e. The Labute approximate surface area is 230 Å². The smallest absolute Gasteiger partial charge is 0.327 e. The zero-order valence-electron chi connectivity index (χ0n) is 21.2. The fourth-order valence-electron chi connectivity index (χ4n) is 3.54. The molecule has 1 heterocycles. The molecule has 38 heavy (non-hydrogen) atoms. The number of carbonyl (C=O) groups is 2. The Morgan fingerprint density at radius 3 is 2.39 bits per heavy atom. The van der Waals surface area contributed by atoms with Gasteiger partial charge in [0.05, 0.1) is 38.1 Å². The minimum absolute atomic E-state index is 0.103. The highest BCUT2D eigenvalue weighted by molar-refractivity contribution is 6.41. The highest BCUT2D eigenvalue weighted by Gasteiger charge is 2.25. The van der Waals surface area contributed by atoms with Gasteiger partial charge in [0.15, 0.2) is 0 Å². The first kappa shape index (κ1) is 28.8. The number of anilines is 3. The van der Waals surface area contributed by atoms with E-state index in [1.165, 1.54) is 38.6 Å². The Morgan fingerprint density at radius 2 is 1.82 bits per heavy atom. The predicted octanol–water partition coefficient (Wildman–Crippen LogP) is 3.80. The van der Waals surface area contributed by atoms with E-state index in [1.807, 2.05) is 0 Å². The fraction of sp³-hybridized carbons (Fsp3) is 0.280. The number of aromatic nitrogens is 2. The molecule has 1 aromatic carbocycles. The molecule has 3 atom stereocenters. The normalized spacial score (nSPS) is 17.1. The van der Waals surface area contributed by atoms with Crippen LogP contribution in [0.2, 0.25) is 10.0 Å². The van der Waals surface area contributed by atoms with Crippen LogP contribution in [0.5, 0.6) is 11.5 Å². The van der Waals surface area contributed by atoms with Gasteiger partial charge in [0.2, 0.25) is 5.91 Å². The van der Waals surface area contributed by atoms with Gasteiger partial charge < -0.3 is 30.5 Å². The highest BCUT2D eigenvalue weighted by Crippen LogP contribution is 2.44. The van der Waals surface area contributed by atoms with Crippen LogP contribution in [0.1, 0.15) is 6.92 Å².